The van der Waals surface area contributed by atoms with Gasteiger partial charge in [-0.15, -0.1) is 0 Å². The Morgan fingerprint density at radius 2 is 2.36 bits per heavy atom. The Kier molecular flexibility index (Phi) is 2.14. The second-order valence-corrected chi connectivity index (χ2v) is 3.10. The highest BCUT2D eigenvalue weighted by Crippen LogP contribution is 2.27. The molecule has 0 atom stereocenters. The first kappa shape index (κ1) is 8.07. The Labute approximate surface area is 68.2 Å². The van der Waals surface area contributed by atoms with Gasteiger partial charge in [0, 0.05) is 0 Å². The molecule has 1 rings (SSSR count). The lowest BCUT2D eigenvalue weighted by molar-refractivity contribution is 0.0701. The molecule has 0 fully saturated rings. The van der Waals surface area contributed by atoms with E-state index in [0.29, 0.717) is 9.94 Å². The van der Waals surface area contributed by atoms with Crippen LogP contribution in [0.1, 0.15) is 15.2 Å². The molecule has 0 amide bonds. The third kappa shape index (κ3) is 1.51. The van der Waals surface area contributed by atoms with E-state index in [1.165, 1.54) is 7.11 Å². The van der Waals surface area contributed by atoms with Crippen molar-refractivity contribution in [2.24, 2.45) is 0 Å². The zero-order valence-corrected chi connectivity index (χ0v) is 7.07. The Morgan fingerprint density at radius 1 is 1.73 bits per heavy atom. The predicted molar refractivity (Wildman–Crippen MR) is 42.6 cm³/mol. The fraction of sp³-hybridized carbons (Fsp3) is 0.286. The quantitative estimate of drug-likeness (QED) is 0.739. The smallest absolute Gasteiger partial charge is 0.346 e. The molecule has 0 aliphatic rings. The van der Waals surface area contributed by atoms with Crippen LogP contribution in [0.2, 0.25) is 0 Å². The molecule has 0 unspecified atom stereocenters. The maximum atomic E-state index is 10.5. The zero-order chi connectivity index (χ0) is 8.43. The molecule has 0 spiro atoms. The highest BCUT2D eigenvalue weighted by Gasteiger charge is 2.11. The van der Waals surface area contributed by atoms with Gasteiger partial charge in [0.1, 0.15) is 4.88 Å². The van der Waals surface area contributed by atoms with E-state index >= 15 is 0 Å². The van der Waals surface area contributed by atoms with Crippen molar-refractivity contribution in [1.82, 2.24) is 0 Å². The number of thiophene rings is 1. The number of hydrogen-bond acceptors (Lipinski definition) is 3. The molecule has 1 heterocycles. The maximum Gasteiger partial charge on any atom is 0.346 e. The van der Waals surface area contributed by atoms with Gasteiger partial charge in [-0.25, -0.2) is 4.79 Å². The van der Waals surface area contributed by atoms with Crippen LogP contribution in [0.15, 0.2) is 6.07 Å². The van der Waals surface area contributed by atoms with E-state index in [1.54, 1.807) is 13.0 Å². The molecule has 4 heteroatoms. The van der Waals surface area contributed by atoms with Crippen LogP contribution in [0.4, 0.5) is 0 Å². The average Bonchev–Trinajstić information content (AvgIpc) is 2.30. The molecule has 3 nitrogen and oxygen atoms in total. The summed E-state index contributed by atoms with van der Waals surface area (Å²) < 4.78 is 4.88. The molecule has 1 aromatic rings. The van der Waals surface area contributed by atoms with Crippen molar-refractivity contribution in [3.05, 3.63) is 16.5 Å². The standard InChI is InChI=1S/C7H8O3S/c1-4-3-5(10-2)11-6(4)7(8)9/h3H,1-2H3,(H,8,9). The van der Waals surface area contributed by atoms with Crippen LogP contribution in [0.25, 0.3) is 0 Å². The van der Waals surface area contributed by atoms with Crippen LogP contribution in [-0.2, 0) is 0 Å². The summed E-state index contributed by atoms with van der Waals surface area (Å²) in [4.78, 5) is 10.9. The second kappa shape index (κ2) is 2.92. The number of aryl methyl sites for hydroxylation is 1. The number of carbonyl (C=O) groups is 1. The van der Waals surface area contributed by atoms with Crippen LogP contribution in [-0.4, -0.2) is 18.2 Å². The van der Waals surface area contributed by atoms with Gasteiger partial charge in [-0.1, -0.05) is 11.3 Å². The van der Waals surface area contributed by atoms with Gasteiger partial charge in [0.05, 0.1) is 7.11 Å². The van der Waals surface area contributed by atoms with E-state index < -0.39 is 5.97 Å². The SMILES string of the molecule is COc1cc(C)c(C(=O)O)s1. The third-order valence-electron chi connectivity index (χ3n) is 1.29. The molecule has 0 aromatic carbocycles. The zero-order valence-electron chi connectivity index (χ0n) is 6.25. The lowest BCUT2D eigenvalue weighted by atomic mass is 10.3. The minimum atomic E-state index is -0.893. The average molecular weight is 172 g/mol. The molecule has 0 aliphatic carbocycles. The van der Waals surface area contributed by atoms with E-state index in [0.717, 1.165) is 16.9 Å². The summed E-state index contributed by atoms with van der Waals surface area (Å²) in [6.07, 6.45) is 0. The molecule has 1 aromatic heterocycles. The highest BCUT2D eigenvalue weighted by molar-refractivity contribution is 7.15. The van der Waals surface area contributed by atoms with Gasteiger partial charge in [0.15, 0.2) is 5.06 Å². The van der Waals surface area contributed by atoms with Gasteiger partial charge in [-0.05, 0) is 18.6 Å². The Balaban J connectivity index is 3.07. The van der Waals surface area contributed by atoms with Gasteiger partial charge in [0.25, 0.3) is 0 Å². The molecular formula is C7H8O3S. The van der Waals surface area contributed by atoms with Crippen molar-refractivity contribution < 1.29 is 14.6 Å². The van der Waals surface area contributed by atoms with Crippen LogP contribution in [0.3, 0.4) is 0 Å². The van der Waals surface area contributed by atoms with Crippen LogP contribution in [0.5, 0.6) is 5.06 Å². The first-order valence-electron chi connectivity index (χ1n) is 3.03. The lowest BCUT2D eigenvalue weighted by Gasteiger charge is -1.88. The minimum absolute atomic E-state index is 0.349. The summed E-state index contributed by atoms with van der Waals surface area (Å²) in [5.41, 5.74) is 0.749. The van der Waals surface area contributed by atoms with Crippen molar-refractivity contribution in [2.45, 2.75) is 6.92 Å². The Morgan fingerprint density at radius 3 is 2.64 bits per heavy atom. The molecule has 0 saturated heterocycles. The normalized spacial score (nSPS) is 9.64. The summed E-state index contributed by atoms with van der Waals surface area (Å²) in [7, 11) is 1.52. The fourth-order valence-corrected chi connectivity index (χ4v) is 1.59. The first-order chi connectivity index (χ1) is 5.15. The molecule has 60 valence electrons. The number of aromatic carboxylic acids is 1. The summed E-state index contributed by atoms with van der Waals surface area (Å²) >= 11 is 1.15. The first-order valence-corrected chi connectivity index (χ1v) is 3.84. The van der Waals surface area contributed by atoms with Crippen molar-refractivity contribution in [2.75, 3.05) is 7.11 Å². The molecule has 1 N–H and O–H groups in total. The number of carboxylic acid groups (broad SMARTS) is 1. The second-order valence-electron chi connectivity index (χ2n) is 2.09. The van der Waals surface area contributed by atoms with Crippen LogP contribution in [0, 0.1) is 6.92 Å². The summed E-state index contributed by atoms with van der Waals surface area (Å²) in [5, 5.41) is 9.27. The highest BCUT2D eigenvalue weighted by atomic mass is 32.1. The molecule has 11 heavy (non-hydrogen) atoms. The summed E-state index contributed by atoms with van der Waals surface area (Å²) in [5.74, 6) is -0.893. The van der Waals surface area contributed by atoms with Gasteiger partial charge >= 0.3 is 5.97 Å². The minimum Gasteiger partial charge on any atom is -0.487 e. The molecule has 0 bridgehead atoms. The Bertz CT molecular complexity index is 277. The number of carboxylic acids is 1. The van der Waals surface area contributed by atoms with Gasteiger partial charge in [-0.3, -0.25) is 0 Å². The predicted octanol–water partition coefficient (Wildman–Crippen LogP) is 1.76. The van der Waals surface area contributed by atoms with E-state index in [-0.39, 0.29) is 0 Å². The molecule has 0 aliphatic heterocycles. The van der Waals surface area contributed by atoms with Crippen molar-refractivity contribution in [3.8, 4) is 5.06 Å². The summed E-state index contributed by atoms with van der Waals surface area (Å²) in [6.45, 7) is 1.75. The Hall–Kier alpha value is -1.03. The van der Waals surface area contributed by atoms with Crippen LogP contribution >= 0.6 is 11.3 Å². The van der Waals surface area contributed by atoms with E-state index in [9.17, 15) is 4.79 Å². The van der Waals surface area contributed by atoms with Crippen molar-refractivity contribution in [3.63, 3.8) is 0 Å². The number of rotatable bonds is 2. The fourth-order valence-electron chi connectivity index (χ4n) is 0.766. The van der Waals surface area contributed by atoms with E-state index in [2.05, 4.69) is 0 Å². The molecule has 0 saturated carbocycles. The van der Waals surface area contributed by atoms with E-state index in [4.69, 9.17) is 9.84 Å². The number of ether oxygens (including phenoxy) is 1. The van der Waals surface area contributed by atoms with Crippen molar-refractivity contribution >= 4 is 17.3 Å². The van der Waals surface area contributed by atoms with Gasteiger partial charge < -0.3 is 9.84 Å². The number of methoxy groups -OCH3 is 1. The van der Waals surface area contributed by atoms with Gasteiger partial charge in [0.2, 0.25) is 0 Å². The lowest BCUT2D eigenvalue weighted by Crippen LogP contribution is -1.93. The molecule has 0 radical (unpaired) electrons. The largest absolute Gasteiger partial charge is 0.487 e. The topological polar surface area (TPSA) is 46.5 Å². The molecular weight excluding hydrogens is 164 g/mol. The summed E-state index contributed by atoms with van der Waals surface area (Å²) in [6, 6.07) is 1.72. The van der Waals surface area contributed by atoms with E-state index in [1.807, 2.05) is 0 Å². The monoisotopic (exact) mass is 172 g/mol. The third-order valence-corrected chi connectivity index (χ3v) is 2.48. The number of hydrogen-bond donors (Lipinski definition) is 1. The van der Waals surface area contributed by atoms with Crippen LogP contribution < -0.4 is 4.74 Å². The van der Waals surface area contributed by atoms with Crippen molar-refractivity contribution in [1.29, 1.82) is 0 Å². The van der Waals surface area contributed by atoms with Gasteiger partial charge in [-0.2, -0.15) is 0 Å². The maximum absolute atomic E-state index is 10.5.